The van der Waals surface area contributed by atoms with Gasteiger partial charge in [0.25, 0.3) is 0 Å². The van der Waals surface area contributed by atoms with Crippen LogP contribution in [0.4, 0.5) is 5.69 Å². The smallest absolute Gasteiger partial charge is 0.224 e. The molecular weight excluding hydrogens is 302 g/mol. The maximum atomic E-state index is 11.9. The third-order valence-corrected chi connectivity index (χ3v) is 3.68. The van der Waals surface area contributed by atoms with E-state index in [-0.39, 0.29) is 12.5 Å². The molecule has 0 saturated heterocycles. The first-order chi connectivity index (χ1) is 10.6. The van der Waals surface area contributed by atoms with E-state index in [1.165, 1.54) is 0 Å². The molecule has 0 fully saturated rings. The Labute approximate surface area is 135 Å². The Morgan fingerprint density at radius 3 is 2.77 bits per heavy atom. The molecule has 0 saturated carbocycles. The molecule has 0 spiro atoms. The largest absolute Gasteiger partial charge is 0.459 e. The fourth-order valence-electron chi connectivity index (χ4n) is 2.14. The van der Waals surface area contributed by atoms with Gasteiger partial charge in [0.2, 0.25) is 5.91 Å². The third-order valence-electron chi connectivity index (χ3n) is 3.35. The number of carbonyl (C=O) groups is 1. The van der Waals surface area contributed by atoms with Crippen molar-refractivity contribution < 1.29 is 14.3 Å². The number of benzene rings is 1. The van der Waals surface area contributed by atoms with E-state index in [9.17, 15) is 4.79 Å². The Bertz CT molecular complexity index is 637. The third kappa shape index (κ3) is 4.36. The van der Waals surface area contributed by atoms with Crippen LogP contribution < -0.4 is 5.32 Å². The number of aliphatic hydroxyl groups is 1. The van der Waals surface area contributed by atoms with E-state index >= 15 is 0 Å². The summed E-state index contributed by atoms with van der Waals surface area (Å²) < 4.78 is 5.49. The fraction of sp³-hybridized carbons (Fsp3) is 0.353. The lowest BCUT2D eigenvalue weighted by Crippen LogP contribution is -2.11. The van der Waals surface area contributed by atoms with Gasteiger partial charge in [0.15, 0.2) is 0 Å². The van der Waals surface area contributed by atoms with Crippen molar-refractivity contribution in [3.8, 4) is 11.3 Å². The zero-order chi connectivity index (χ0) is 15.9. The predicted molar refractivity (Wildman–Crippen MR) is 87.8 cm³/mol. The van der Waals surface area contributed by atoms with Gasteiger partial charge >= 0.3 is 0 Å². The Morgan fingerprint density at radius 1 is 1.27 bits per heavy atom. The van der Waals surface area contributed by atoms with Crippen LogP contribution in [0.15, 0.2) is 34.7 Å². The molecule has 2 aromatic rings. The Balaban J connectivity index is 2.11. The monoisotopic (exact) mass is 321 g/mol. The van der Waals surface area contributed by atoms with Crippen molar-refractivity contribution in [3.05, 3.63) is 41.1 Å². The van der Waals surface area contributed by atoms with Crippen molar-refractivity contribution in [1.29, 1.82) is 0 Å². The summed E-state index contributed by atoms with van der Waals surface area (Å²) in [7, 11) is 0. The summed E-state index contributed by atoms with van der Waals surface area (Å²) >= 11 is 6.14. The topological polar surface area (TPSA) is 62.5 Å². The molecule has 0 radical (unpaired) electrons. The summed E-state index contributed by atoms with van der Waals surface area (Å²) in [6.45, 7) is 1.96. The molecular formula is C17H20ClNO3. The molecule has 1 aromatic heterocycles. The van der Waals surface area contributed by atoms with Gasteiger partial charge in [0.1, 0.15) is 18.1 Å². The number of amides is 1. The number of hydrogen-bond acceptors (Lipinski definition) is 3. The van der Waals surface area contributed by atoms with Gasteiger partial charge in [0, 0.05) is 12.0 Å². The molecule has 0 atom stereocenters. The average molecular weight is 322 g/mol. The van der Waals surface area contributed by atoms with Gasteiger partial charge < -0.3 is 14.8 Å². The van der Waals surface area contributed by atoms with Crippen molar-refractivity contribution in [2.24, 2.45) is 0 Å². The fourth-order valence-corrected chi connectivity index (χ4v) is 2.31. The molecule has 118 valence electrons. The first-order valence-electron chi connectivity index (χ1n) is 7.43. The molecule has 0 aliphatic carbocycles. The molecule has 1 heterocycles. The number of aliphatic hydroxyl groups excluding tert-OH is 1. The molecule has 0 aliphatic rings. The second-order valence-electron chi connectivity index (χ2n) is 5.12. The lowest BCUT2D eigenvalue weighted by Gasteiger charge is -2.09. The first kappa shape index (κ1) is 16.6. The number of halogens is 1. The lowest BCUT2D eigenvalue weighted by molar-refractivity contribution is -0.116. The van der Waals surface area contributed by atoms with E-state index in [2.05, 4.69) is 12.2 Å². The van der Waals surface area contributed by atoms with Crippen LogP contribution in [-0.4, -0.2) is 11.0 Å². The highest BCUT2D eigenvalue weighted by Crippen LogP contribution is 2.30. The van der Waals surface area contributed by atoms with E-state index in [1.54, 1.807) is 24.3 Å². The number of unbranched alkanes of at least 4 members (excludes halogenated alkanes) is 2. The van der Waals surface area contributed by atoms with Gasteiger partial charge in [0.05, 0.1) is 10.7 Å². The first-order valence-corrected chi connectivity index (χ1v) is 7.81. The van der Waals surface area contributed by atoms with Crippen molar-refractivity contribution in [3.63, 3.8) is 0 Å². The van der Waals surface area contributed by atoms with Crippen molar-refractivity contribution in [1.82, 2.24) is 0 Å². The number of nitrogens with one attached hydrogen (secondary N) is 1. The van der Waals surface area contributed by atoms with Gasteiger partial charge in [-0.25, -0.2) is 0 Å². The molecule has 0 bridgehead atoms. The SMILES string of the molecule is CCCCCC(=O)Nc1cc(-c2ccc(CO)o2)ccc1Cl. The standard InChI is InChI=1S/C17H20ClNO3/c1-2-3-4-5-17(21)19-15-10-12(6-8-14(15)18)16-9-7-13(11-20)22-16/h6-10,20H,2-5,11H2,1H3,(H,19,21). The molecule has 1 aromatic carbocycles. The highest BCUT2D eigenvalue weighted by Gasteiger charge is 2.10. The molecule has 0 aliphatic heterocycles. The van der Waals surface area contributed by atoms with E-state index in [0.29, 0.717) is 28.7 Å². The van der Waals surface area contributed by atoms with Crippen LogP contribution in [0.1, 0.15) is 38.4 Å². The Kier molecular flexibility index (Phi) is 6.04. The molecule has 5 heteroatoms. The molecule has 2 N–H and O–H groups in total. The van der Waals surface area contributed by atoms with Crippen molar-refractivity contribution in [2.75, 3.05) is 5.32 Å². The average Bonchev–Trinajstić information content (AvgIpc) is 2.99. The van der Waals surface area contributed by atoms with Gasteiger partial charge in [-0.15, -0.1) is 0 Å². The van der Waals surface area contributed by atoms with Gasteiger partial charge in [-0.1, -0.05) is 31.4 Å². The predicted octanol–water partition coefficient (Wildman–Crippen LogP) is 4.61. The summed E-state index contributed by atoms with van der Waals surface area (Å²) in [6, 6.07) is 8.81. The highest BCUT2D eigenvalue weighted by atomic mass is 35.5. The van der Waals surface area contributed by atoms with Crippen LogP contribution in [0, 0.1) is 0 Å². The normalized spacial score (nSPS) is 10.7. The second-order valence-corrected chi connectivity index (χ2v) is 5.53. The Morgan fingerprint density at radius 2 is 2.09 bits per heavy atom. The van der Waals surface area contributed by atoms with E-state index in [4.69, 9.17) is 21.1 Å². The summed E-state index contributed by atoms with van der Waals surface area (Å²) in [5.41, 5.74) is 1.37. The minimum absolute atomic E-state index is 0.0389. The summed E-state index contributed by atoms with van der Waals surface area (Å²) in [5.74, 6) is 1.08. The summed E-state index contributed by atoms with van der Waals surface area (Å²) in [4.78, 5) is 11.9. The van der Waals surface area contributed by atoms with Gasteiger partial charge in [-0.3, -0.25) is 4.79 Å². The quantitative estimate of drug-likeness (QED) is 0.732. The minimum Gasteiger partial charge on any atom is -0.459 e. The zero-order valence-corrected chi connectivity index (χ0v) is 13.3. The maximum Gasteiger partial charge on any atom is 0.224 e. The van der Waals surface area contributed by atoms with Crippen LogP contribution in [0.3, 0.4) is 0 Å². The molecule has 0 unspecified atom stereocenters. The van der Waals surface area contributed by atoms with Crippen LogP contribution >= 0.6 is 11.6 Å². The number of anilines is 1. The molecule has 4 nitrogen and oxygen atoms in total. The number of rotatable bonds is 7. The number of furan rings is 1. The van der Waals surface area contributed by atoms with Crippen LogP contribution in [-0.2, 0) is 11.4 Å². The Hall–Kier alpha value is -1.78. The number of carbonyl (C=O) groups excluding carboxylic acids is 1. The minimum atomic E-state index is -0.144. The summed E-state index contributed by atoms with van der Waals surface area (Å²) in [5, 5.41) is 12.4. The highest BCUT2D eigenvalue weighted by molar-refractivity contribution is 6.33. The van der Waals surface area contributed by atoms with Crippen LogP contribution in [0.5, 0.6) is 0 Å². The van der Waals surface area contributed by atoms with Crippen LogP contribution in [0.25, 0.3) is 11.3 Å². The second kappa shape index (κ2) is 8.01. The van der Waals surface area contributed by atoms with Crippen molar-refractivity contribution >= 4 is 23.2 Å². The molecule has 22 heavy (non-hydrogen) atoms. The van der Waals surface area contributed by atoms with Gasteiger partial charge in [-0.2, -0.15) is 0 Å². The summed E-state index contributed by atoms with van der Waals surface area (Å²) in [6.07, 6.45) is 3.48. The molecule has 1 amide bonds. The maximum absolute atomic E-state index is 11.9. The zero-order valence-electron chi connectivity index (χ0n) is 12.6. The molecule has 2 rings (SSSR count). The van der Waals surface area contributed by atoms with Crippen LogP contribution in [0.2, 0.25) is 5.02 Å². The lowest BCUT2D eigenvalue weighted by atomic mass is 10.1. The van der Waals surface area contributed by atoms with E-state index in [0.717, 1.165) is 24.8 Å². The van der Waals surface area contributed by atoms with E-state index in [1.807, 2.05) is 6.07 Å². The van der Waals surface area contributed by atoms with Gasteiger partial charge in [-0.05, 0) is 36.8 Å². The number of hydrogen-bond donors (Lipinski definition) is 2. The van der Waals surface area contributed by atoms with E-state index < -0.39 is 0 Å². The van der Waals surface area contributed by atoms with Crippen molar-refractivity contribution in [2.45, 2.75) is 39.2 Å².